The van der Waals surface area contributed by atoms with Crippen molar-refractivity contribution < 1.29 is 9.53 Å². The molecule has 180 valence electrons. The van der Waals surface area contributed by atoms with Gasteiger partial charge in [0.25, 0.3) is 0 Å². The number of nitrogens with zero attached hydrogens (tertiary/aromatic N) is 1. The molecule has 0 amide bonds. The van der Waals surface area contributed by atoms with Crippen LogP contribution in [0.3, 0.4) is 0 Å². The molecule has 30 heavy (non-hydrogen) atoms. The fourth-order valence-electron chi connectivity index (χ4n) is 3.86. The molecule has 0 bridgehead atoms. The number of carbonyl (C=O) groups excluding carboxylic acids is 1. The van der Waals surface area contributed by atoms with E-state index >= 15 is 0 Å². The minimum atomic E-state index is -0.0395. The molecule has 0 rings (SSSR count). The molecular formula is C26H54NO2P. The Hall–Kier alpha value is -0.140. The fourth-order valence-corrected chi connectivity index (χ4v) is 4.01. The minimum absolute atomic E-state index is 0.0155. The lowest BCUT2D eigenvalue weighted by molar-refractivity contribution is -0.153. The van der Waals surface area contributed by atoms with Gasteiger partial charge in [-0.1, -0.05) is 91.0 Å². The summed E-state index contributed by atoms with van der Waals surface area (Å²) in [5.41, 5.74) is 0.574. The zero-order chi connectivity index (χ0) is 23.8. The number of hydrogen-bond acceptors (Lipinski definition) is 3. The van der Waals surface area contributed by atoms with Crippen LogP contribution in [0.5, 0.6) is 0 Å². The van der Waals surface area contributed by atoms with Gasteiger partial charge in [-0.15, -0.1) is 0 Å². The van der Waals surface area contributed by atoms with Crippen molar-refractivity contribution in [2.75, 3.05) is 7.05 Å². The maximum atomic E-state index is 12.7. The highest BCUT2D eigenvalue weighted by molar-refractivity contribution is 7.13. The van der Waals surface area contributed by atoms with Crippen LogP contribution < -0.4 is 0 Å². The summed E-state index contributed by atoms with van der Waals surface area (Å²) >= 11 is 0. The molecule has 0 saturated heterocycles. The van der Waals surface area contributed by atoms with E-state index in [1.807, 2.05) is 7.05 Å². The molecule has 4 unspecified atom stereocenters. The molecule has 0 spiro atoms. The van der Waals surface area contributed by atoms with Crippen molar-refractivity contribution in [2.24, 2.45) is 22.2 Å². The third-order valence-corrected chi connectivity index (χ3v) is 8.85. The highest BCUT2D eigenvalue weighted by Gasteiger charge is 2.39. The molecule has 0 N–H and O–H groups in total. The van der Waals surface area contributed by atoms with Crippen molar-refractivity contribution in [2.45, 2.75) is 133 Å². The molecule has 0 fully saturated rings. The van der Waals surface area contributed by atoms with Gasteiger partial charge in [0.15, 0.2) is 0 Å². The summed E-state index contributed by atoms with van der Waals surface area (Å²) < 4.78 is 8.24. The molecule has 0 saturated carbocycles. The molecule has 0 aromatic carbocycles. The van der Waals surface area contributed by atoms with Crippen molar-refractivity contribution >= 4 is 15.4 Å². The lowest BCUT2D eigenvalue weighted by Crippen LogP contribution is -2.38. The highest BCUT2D eigenvalue weighted by Crippen LogP contribution is 2.46. The first kappa shape index (κ1) is 29.9. The van der Waals surface area contributed by atoms with E-state index in [1.54, 1.807) is 0 Å². The Morgan fingerprint density at radius 3 is 2.07 bits per heavy atom. The molecule has 0 heterocycles. The SMILES string of the molecule is CCCCC(C)(C)C(C)CC(CC(C)(C)C(C)(C)CC)OC(=O)CCC(C)N(C)P. The van der Waals surface area contributed by atoms with Crippen LogP contribution in [0.2, 0.25) is 0 Å². The normalized spacial score (nSPS) is 16.4. The lowest BCUT2D eigenvalue weighted by Gasteiger charge is -2.44. The van der Waals surface area contributed by atoms with Crippen molar-refractivity contribution in [3.05, 3.63) is 0 Å². The van der Waals surface area contributed by atoms with Gasteiger partial charge in [-0.05, 0) is 61.8 Å². The first-order valence-electron chi connectivity index (χ1n) is 12.3. The number of carbonyl (C=O) groups is 1. The van der Waals surface area contributed by atoms with Crippen LogP contribution in [0.1, 0.15) is 121 Å². The Kier molecular flexibility index (Phi) is 12.7. The van der Waals surface area contributed by atoms with Crippen LogP contribution in [0.25, 0.3) is 0 Å². The Morgan fingerprint density at radius 1 is 1.03 bits per heavy atom. The minimum Gasteiger partial charge on any atom is -0.462 e. The smallest absolute Gasteiger partial charge is 0.306 e. The van der Waals surface area contributed by atoms with Crippen LogP contribution in [0.4, 0.5) is 0 Å². The number of rotatable bonds is 15. The van der Waals surface area contributed by atoms with E-state index in [4.69, 9.17) is 4.74 Å². The Balaban J connectivity index is 5.33. The topological polar surface area (TPSA) is 29.5 Å². The summed E-state index contributed by atoms with van der Waals surface area (Å²) in [5.74, 6) is 0.474. The summed E-state index contributed by atoms with van der Waals surface area (Å²) in [5, 5.41) is 0. The van der Waals surface area contributed by atoms with Crippen LogP contribution in [0, 0.1) is 22.2 Å². The fraction of sp³-hybridized carbons (Fsp3) is 0.962. The number of ether oxygens (including phenoxy) is 1. The van der Waals surface area contributed by atoms with E-state index < -0.39 is 0 Å². The van der Waals surface area contributed by atoms with Crippen molar-refractivity contribution in [1.29, 1.82) is 0 Å². The largest absolute Gasteiger partial charge is 0.462 e. The third kappa shape index (κ3) is 9.99. The molecule has 0 aromatic rings. The summed E-state index contributed by atoms with van der Waals surface area (Å²) in [6.07, 6.45) is 8.01. The van der Waals surface area contributed by atoms with Gasteiger partial charge >= 0.3 is 5.97 Å². The molecule has 3 nitrogen and oxygen atoms in total. The van der Waals surface area contributed by atoms with E-state index in [2.05, 4.69) is 83.3 Å². The summed E-state index contributed by atoms with van der Waals surface area (Å²) in [6.45, 7) is 23.1. The average Bonchev–Trinajstić information content (AvgIpc) is 2.63. The van der Waals surface area contributed by atoms with Crippen molar-refractivity contribution in [1.82, 2.24) is 4.67 Å². The van der Waals surface area contributed by atoms with E-state index in [0.29, 0.717) is 18.4 Å². The van der Waals surface area contributed by atoms with E-state index in [0.717, 1.165) is 25.7 Å². The molecule has 0 aliphatic heterocycles. The molecule has 4 atom stereocenters. The number of esters is 1. The standard InChI is InChI=1S/C26H54NO2P/c1-12-14-17-24(5,6)20(3)18-22(19-26(9,10)25(7,8)13-2)29-23(28)16-15-21(4)27(11)30/h20-22H,12-19,30H2,1-11H3. The Labute approximate surface area is 191 Å². The molecule has 0 radical (unpaired) electrons. The number of hydrogen-bond donors (Lipinski definition) is 0. The van der Waals surface area contributed by atoms with Gasteiger partial charge < -0.3 is 4.74 Å². The van der Waals surface area contributed by atoms with Gasteiger partial charge in [0.2, 0.25) is 0 Å². The van der Waals surface area contributed by atoms with Crippen LogP contribution >= 0.6 is 9.39 Å². The van der Waals surface area contributed by atoms with Crippen molar-refractivity contribution in [3.63, 3.8) is 0 Å². The second-order valence-corrected chi connectivity index (χ2v) is 12.5. The summed E-state index contributed by atoms with van der Waals surface area (Å²) in [4.78, 5) is 12.7. The summed E-state index contributed by atoms with van der Waals surface area (Å²) in [7, 11) is 4.71. The van der Waals surface area contributed by atoms with Gasteiger partial charge in [0, 0.05) is 12.5 Å². The predicted molar refractivity (Wildman–Crippen MR) is 136 cm³/mol. The highest BCUT2D eigenvalue weighted by atomic mass is 31.0. The monoisotopic (exact) mass is 443 g/mol. The maximum absolute atomic E-state index is 12.7. The van der Waals surface area contributed by atoms with Gasteiger partial charge in [-0.25, -0.2) is 0 Å². The molecule has 0 aromatic heterocycles. The maximum Gasteiger partial charge on any atom is 0.306 e. The molecular weight excluding hydrogens is 389 g/mol. The van der Waals surface area contributed by atoms with Crippen LogP contribution in [0.15, 0.2) is 0 Å². The van der Waals surface area contributed by atoms with Crippen LogP contribution in [-0.4, -0.2) is 29.8 Å². The summed E-state index contributed by atoms with van der Waals surface area (Å²) in [6, 6.07) is 0.350. The zero-order valence-electron chi connectivity index (χ0n) is 22.2. The first-order chi connectivity index (χ1) is 13.6. The number of unbranched alkanes of at least 4 members (excludes halogenated alkanes) is 1. The first-order valence-corrected chi connectivity index (χ1v) is 12.8. The van der Waals surface area contributed by atoms with Gasteiger partial charge in [-0.3, -0.25) is 9.46 Å². The van der Waals surface area contributed by atoms with Gasteiger partial charge in [-0.2, -0.15) is 0 Å². The van der Waals surface area contributed by atoms with Gasteiger partial charge in [0.05, 0.1) is 0 Å². The second kappa shape index (κ2) is 12.8. The zero-order valence-corrected chi connectivity index (χ0v) is 23.4. The second-order valence-electron chi connectivity index (χ2n) is 11.7. The Morgan fingerprint density at radius 2 is 1.60 bits per heavy atom. The van der Waals surface area contributed by atoms with E-state index in [-0.39, 0.29) is 28.3 Å². The van der Waals surface area contributed by atoms with E-state index in [1.165, 1.54) is 19.3 Å². The predicted octanol–water partition coefficient (Wildman–Crippen LogP) is 7.88. The average molecular weight is 444 g/mol. The van der Waals surface area contributed by atoms with E-state index in [9.17, 15) is 4.79 Å². The van der Waals surface area contributed by atoms with Crippen molar-refractivity contribution in [3.8, 4) is 0 Å². The third-order valence-electron chi connectivity index (χ3n) is 8.34. The Bertz CT molecular complexity index is 499. The van der Waals surface area contributed by atoms with Crippen LogP contribution in [-0.2, 0) is 9.53 Å². The van der Waals surface area contributed by atoms with Gasteiger partial charge in [0.1, 0.15) is 6.10 Å². The molecule has 0 aliphatic rings. The lowest BCUT2D eigenvalue weighted by atomic mass is 9.63. The molecule has 0 aliphatic carbocycles. The quantitative estimate of drug-likeness (QED) is 0.190. The molecule has 4 heteroatoms.